The number of para-hydroxylation sites is 1. The summed E-state index contributed by atoms with van der Waals surface area (Å²) in [6.07, 6.45) is 0.560. The molecule has 0 heterocycles. The molecule has 0 saturated heterocycles. The minimum atomic E-state index is -0.150. The van der Waals surface area contributed by atoms with Crippen LogP contribution in [0.2, 0.25) is 0 Å². The maximum Gasteiger partial charge on any atom is 0.124 e. The van der Waals surface area contributed by atoms with E-state index in [2.05, 4.69) is 0 Å². The lowest BCUT2D eigenvalue weighted by Crippen LogP contribution is -2.13. The molecule has 3 heteroatoms. The first-order valence-electron chi connectivity index (χ1n) is 4.87. The molecule has 3 nitrogen and oxygen atoms in total. The lowest BCUT2D eigenvalue weighted by atomic mass is 10.0. The molecule has 0 aliphatic rings. The Bertz CT molecular complexity index is 276. The van der Waals surface area contributed by atoms with Crippen LogP contribution in [0.1, 0.15) is 24.9 Å². The minimum absolute atomic E-state index is 0.0988. The fourth-order valence-electron chi connectivity index (χ4n) is 1.37. The van der Waals surface area contributed by atoms with Crippen LogP contribution in [0.25, 0.3) is 0 Å². The first kappa shape index (κ1) is 11.0. The molecule has 3 N–H and O–H groups in total. The van der Waals surface area contributed by atoms with Crippen LogP contribution < -0.4 is 10.5 Å². The van der Waals surface area contributed by atoms with E-state index >= 15 is 0 Å². The van der Waals surface area contributed by atoms with Gasteiger partial charge in [0.25, 0.3) is 0 Å². The van der Waals surface area contributed by atoms with Gasteiger partial charge in [0.1, 0.15) is 5.75 Å². The lowest BCUT2D eigenvalue weighted by Gasteiger charge is -2.15. The molecule has 0 bridgehead atoms. The highest BCUT2D eigenvalue weighted by Gasteiger charge is 2.10. The molecule has 0 aliphatic heterocycles. The van der Waals surface area contributed by atoms with Crippen molar-refractivity contribution in [3.8, 4) is 5.75 Å². The summed E-state index contributed by atoms with van der Waals surface area (Å²) >= 11 is 0. The largest absolute Gasteiger partial charge is 0.494 e. The van der Waals surface area contributed by atoms with E-state index in [4.69, 9.17) is 15.6 Å². The lowest BCUT2D eigenvalue weighted by molar-refractivity contribution is 0.273. The fourth-order valence-corrected chi connectivity index (χ4v) is 1.37. The molecular weight excluding hydrogens is 178 g/mol. The number of nitrogens with two attached hydrogens (primary N) is 1. The van der Waals surface area contributed by atoms with E-state index < -0.39 is 0 Å². The van der Waals surface area contributed by atoms with Crippen LogP contribution in [0.4, 0.5) is 0 Å². The highest BCUT2D eigenvalue weighted by atomic mass is 16.5. The highest BCUT2D eigenvalue weighted by Crippen LogP contribution is 2.25. The van der Waals surface area contributed by atoms with Gasteiger partial charge in [0.2, 0.25) is 0 Å². The van der Waals surface area contributed by atoms with Crippen molar-refractivity contribution in [2.45, 2.75) is 19.4 Å². The van der Waals surface area contributed by atoms with Crippen molar-refractivity contribution in [1.82, 2.24) is 0 Å². The topological polar surface area (TPSA) is 55.5 Å². The Morgan fingerprint density at radius 1 is 1.43 bits per heavy atom. The van der Waals surface area contributed by atoms with Crippen molar-refractivity contribution in [1.29, 1.82) is 0 Å². The smallest absolute Gasteiger partial charge is 0.124 e. The normalized spacial score (nSPS) is 12.5. The van der Waals surface area contributed by atoms with Crippen LogP contribution in [-0.2, 0) is 0 Å². The molecular formula is C11H17NO2. The second kappa shape index (κ2) is 5.62. The molecule has 0 amide bonds. The Labute approximate surface area is 84.5 Å². The third-order valence-corrected chi connectivity index (χ3v) is 2.06. The van der Waals surface area contributed by atoms with Gasteiger partial charge >= 0.3 is 0 Å². The molecule has 78 valence electrons. The Morgan fingerprint density at radius 3 is 2.79 bits per heavy atom. The Balaban J connectivity index is 2.82. The highest BCUT2D eigenvalue weighted by molar-refractivity contribution is 5.35. The third kappa shape index (κ3) is 2.72. The van der Waals surface area contributed by atoms with Crippen molar-refractivity contribution in [3.05, 3.63) is 29.8 Å². The van der Waals surface area contributed by atoms with Gasteiger partial charge in [0, 0.05) is 18.2 Å². The van der Waals surface area contributed by atoms with Crippen molar-refractivity contribution >= 4 is 0 Å². The van der Waals surface area contributed by atoms with Gasteiger partial charge in [-0.05, 0) is 19.4 Å². The number of aliphatic hydroxyl groups excluding tert-OH is 1. The number of rotatable bonds is 5. The molecule has 0 radical (unpaired) electrons. The van der Waals surface area contributed by atoms with Gasteiger partial charge < -0.3 is 15.6 Å². The van der Waals surface area contributed by atoms with Crippen LogP contribution in [0.5, 0.6) is 5.75 Å². The van der Waals surface area contributed by atoms with Gasteiger partial charge in [-0.1, -0.05) is 18.2 Å². The average molecular weight is 195 g/mol. The predicted molar refractivity (Wildman–Crippen MR) is 56.2 cm³/mol. The van der Waals surface area contributed by atoms with Gasteiger partial charge in [-0.15, -0.1) is 0 Å². The van der Waals surface area contributed by atoms with Gasteiger partial charge in [-0.25, -0.2) is 0 Å². The molecule has 0 saturated carbocycles. The Morgan fingerprint density at radius 2 is 2.14 bits per heavy atom. The molecule has 0 spiro atoms. The van der Waals surface area contributed by atoms with Crippen molar-refractivity contribution in [3.63, 3.8) is 0 Å². The minimum Gasteiger partial charge on any atom is -0.494 e. The molecule has 0 aliphatic carbocycles. The molecule has 0 unspecified atom stereocenters. The summed E-state index contributed by atoms with van der Waals surface area (Å²) in [5.41, 5.74) is 6.86. The van der Waals surface area contributed by atoms with Gasteiger partial charge in [-0.3, -0.25) is 0 Å². The zero-order valence-electron chi connectivity index (χ0n) is 8.44. The van der Waals surface area contributed by atoms with Crippen molar-refractivity contribution in [2.24, 2.45) is 5.73 Å². The summed E-state index contributed by atoms with van der Waals surface area (Å²) in [6, 6.07) is 7.53. The number of ether oxygens (including phenoxy) is 1. The Kier molecular flexibility index (Phi) is 4.43. The summed E-state index contributed by atoms with van der Waals surface area (Å²) in [7, 11) is 0. The Hall–Kier alpha value is -1.06. The first-order chi connectivity index (χ1) is 6.79. The SMILES string of the molecule is CCOc1ccccc1[C@@H](N)CCO. The van der Waals surface area contributed by atoms with Crippen LogP contribution >= 0.6 is 0 Å². The van der Waals surface area contributed by atoms with Crippen LogP contribution in [0, 0.1) is 0 Å². The molecule has 14 heavy (non-hydrogen) atoms. The van der Waals surface area contributed by atoms with Crippen LogP contribution in [0.15, 0.2) is 24.3 Å². The van der Waals surface area contributed by atoms with E-state index in [1.54, 1.807) is 0 Å². The zero-order chi connectivity index (χ0) is 10.4. The number of aliphatic hydroxyl groups is 1. The average Bonchev–Trinajstić information content (AvgIpc) is 2.19. The van der Waals surface area contributed by atoms with E-state index in [0.717, 1.165) is 11.3 Å². The standard InChI is InChI=1S/C11H17NO2/c1-2-14-11-6-4-3-5-9(11)10(12)7-8-13/h3-6,10,13H,2,7-8,12H2,1H3/t10-/m0/s1. The molecule has 1 aromatic carbocycles. The quantitative estimate of drug-likeness (QED) is 0.748. The predicted octanol–water partition coefficient (Wildman–Crippen LogP) is 1.47. The first-order valence-corrected chi connectivity index (χ1v) is 4.87. The molecule has 1 rings (SSSR count). The molecule has 1 aromatic rings. The van der Waals surface area contributed by atoms with Crippen molar-refractivity contribution in [2.75, 3.05) is 13.2 Å². The van der Waals surface area contributed by atoms with E-state index in [-0.39, 0.29) is 12.6 Å². The summed E-state index contributed by atoms with van der Waals surface area (Å²) in [4.78, 5) is 0. The van der Waals surface area contributed by atoms with Crippen LogP contribution in [0.3, 0.4) is 0 Å². The number of hydrogen-bond donors (Lipinski definition) is 2. The summed E-state index contributed by atoms with van der Waals surface area (Å²) in [6.45, 7) is 2.67. The summed E-state index contributed by atoms with van der Waals surface area (Å²) in [5, 5.41) is 8.80. The molecule has 1 atom stereocenters. The second-order valence-electron chi connectivity index (χ2n) is 3.09. The van der Waals surface area contributed by atoms with Crippen LogP contribution in [-0.4, -0.2) is 18.3 Å². The second-order valence-corrected chi connectivity index (χ2v) is 3.09. The third-order valence-electron chi connectivity index (χ3n) is 2.06. The molecule has 0 aromatic heterocycles. The van der Waals surface area contributed by atoms with E-state index in [1.807, 2.05) is 31.2 Å². The summed E-state index contributed by atoms with van der Waals surface area (Å²) in [5.74, 6) is 0.816. The maximum atomic E-state index is 8.80. The zero-order valence-corrected chi connectivity index (χ0v) is 8.44. The number of benzene rings is 1. The maximum absolute atomic E-state index is 8.80. The van der Waals surface area contributed by atoms with Gasteiger partial charge in [0.15, 0.2) is 0 Å². The fraction of sp³-hybridized carbons (Fsp3) is 0.455. The van der Waals surface area contributed by atoms with Crippen molar-refractivity contribution < 1.29 is 9.84 Å². The van der Waals surface area contributed by atoms with E-state index in [0.29, 0.717) is 13.0 Å². The van der Waals surface area contributed by atoms with E-state index in [1.165, 1.54) is 0 Å². The summed E-state index contributed by atoms with van der Waals surface area (Å²) < 4.78 is 5.44. The van der Waals surface area contributed by atoms with E-state index in [9.17, 15) is 0 Å². The van der Waals surface area contributed by atoms with Gasteiger partial charge in [0.05, 0.1) is 6.61 Å². The van der Waals surface area contributed by atoms with Gasteiger partial charge in [-0.2, -0.15) is 0 Å². The number of hydrogen-bond acceptors (Lipinski definition) is 3. The molecule has 0 fully saturated rings. The monoisotopic (exact) mass is 195 g/mol.